The van der Waals surface area contributed by atoms with Gasteiger partial charge in [0.2, 0.25) is 0 Å². The Morgan fingerprint density at radius 1 is 0.846 bits per heavy atom. The Morgan fingerprint density at radius 2 is 0.846 bits per heavy atom. The van der Waals surface area contributed by atoms with Gasteiger partial charge in [0.05, 0.1) is 0 Å². The van der Waals surface area contributed by atoms with E-state index in [4.69, 9.17) is 28.4 Å². The van der Waals surface area contributed by atoms with Crippen LogP contribution in [0.3, 0.4) is 0 Å². The Labute approximate surface area is 168 Å². The van der Waals surface area contributed by atoms with Gasteiger partial charge in [0.25, 0.3) is 0 Å². The van der Waals surface area contributed by atoms with Crippen LogP contribution in [0.2, 0.25) is 0 Å². The van der Waals surface area contributed by atoms with Crippen molar-refractivity contribution in [3.05, 3.63) is 0 Å². The standard InChI is InChI=1S/Mo.4Na.O3Si.4O/c;;;;;1-4(2)3;;;;/q;4*+1;-2;;;2*-1. The molecule has 0 aliphatic carbocycles. The summed E-state index contributed by atoms with van der Waals surface area (Å²) in [5.41, 5.74) is 0. The van der Waals surface area contributed by atoms with Crippen molar-refractivity contribution in [1.29, 1.82) is 0 Å². The monoisotopic (exact) mass is 330 g/mol. The molecule has 13 heteroatoms. The molecule has 0 spiro atoms. The van der Waals surface area contributed by atoms with E-state index in [2.05, 4.69) is 0 Å². The fraction of sp³-hybridized carbons (Fsp3) is 0. The fourth-order valence-corrected chi connectivity index (χ4v) is 0. The first kappa shape index (κ1) is 36.0. The molecule has 0 saturated carbocycles. The van der Waals surface area contributed by atoms with E-state index in [1.54, 1.807) is 0 Å². The number of rotatable bonds is 0. The van der Waals surface area contributed by atoms with Gasteiger partial charge < -0.3 is 14.1 Å². The van der Waals surface area contributed by atoms with Gasteiger partial charge in [-0.05, 0) is 0 Å². The van der Waals surface area contributed by atoms with Gasteiger partial charge in [0, 0.05) is 9.17 Å². The summed E-state index contributed by atoms with van der Waals surface area (Å²) in [6.45, 7) is 0. The Morgan fingerprint density at radius 3 is 0.846 bits per heavy atom. The van der Waals surface area contributed by atoms with Gasteiger partial charge in [0.15, 0.2) is 0 Å². The minimum atomic E-state index is -6.02. The first-order valence-electron chi connectivity index (χ1n) is 1.28. The van der Waals surface area contributed by atoms with Crippen LogP contribution in [0.15, 0.2) is 0 Å². The molecule has 0 saturated heterocycles. The quantitative estimate of drug-likeness (QED) is 0.402. The van der Waals surface area contributed by atoms with Crippen LogP contribution in [0.4, 0.5) is 0 Å². The third kappa shape index (κ3) is 207. The van der Waals surface area contributed by atoms with Crippen LogP contribution in [0.1, 0.15) is 0 Å². The van der Waals surface area contributed by atoms with Crippen molar-refractivity contribution in [2.24, 2.45) is 0 Å². The van der Waals surface area contributed by atoms with Crippen LogP contribution < -0.4 is 135 Å². The second-order valence-corrected chi connectivity index (χ2v) is 3.17. The molecule has 0 aliphatic heterocycles. The Hall–Kier alpha value is 3.83. The molecule has 56 valence electrons. The van der Waals surface area contributed by atoms with Crippen molar-refractivity contribution in [3.63, 3.8) is 0 Å². The molecule has 7 nitrogen and oxygen atoms in total. The Bertz CT molecular complexity index is 163. The van der Waals surface area contributed by atoms with Crippen LogP contribution in [0.25, 0.3) is 0 Å². The molecule has 0 atom stereocenters. The molecule has 0 aromatic rings. The molecule has 0 unspecified atom stereocenters. The van der Waals surface area contributed by atoms with E-state index in [-0.39, 0.29) is 118 Å². The van der Waals surface area contributed by atoms with Crippen molar-refractivity contribution in [1.82, 2.24) is 0 Å². The molecule has 0 radical (unpaired) electrons. The molecule has 0 rings (SSSR count). The molecule has 0 N–H and O–H groups in total. The van der Waals surface area contributed by atoms with Crippen molar-refractivity contribution >= 4 is 9.17 Å². The normalized spacial score (nSPS) is 6.31. The van der Waals surface area contributed by atoms with Crippen molar-refractivity contribution < 1.29 is 163 Å². The maximum atomic E-state index is 8.63. The summed E-state index contributed by atoms with van der Waals surface area (Å²) in [6.07, 6.45) is 0. The Kier molecular flexibility index (Phi) is 58.5. The summed E-state index contributed by atoms with van der Waals surface area (Å²) in [6, 6.07) is 0. The van der Waals surface area contributed by atoms with E-state index in [1.165, 1.54) is 0 Å². The predicted molar refractivity (Wildman–Crippen MR) is 7.81 cm³/mol. The average molecular weight is 328 g/mol. The van der Waals surface area contributed by atoms with Gasteiger partial charge in [-0.1, -0.05) is 0 Å². The third-order valence-electron chi connectivity index (χ3n) is 0. The summed E-state index contributed by atoms with van der Waals surface area (Å²) < 4.78 is 43.0. The summed E-state index contributed by atoms with van der Waals surface area (Å²) in [4.78, 5) is 17.0. The zero-order valence-electron chi connectivity index (χ0n) is 7.77. The summed E-state index contributed by atoms with van der Waals surface area (Å²) in [5.74, 6) is 0. The first-order valence-corrected chi connectivity index (χ1v) is 5.78. The van der Waals surface area contributed by atoms with Gasteiger partial charge in [-0.15, -0.1) is 0 Å². The molecule has 13 heavy (non-hydrogen) atoms. The van der Waals surface area contributed by atoms with Gasteiger partial charge in [0.1, 0.15) is 0 Å². The third-order valence-corrected chi connectivity index (χ3v) is 0. The van der Waals surface area contributed by atoms with E-state index in [0.717, 1.165) is 0 Å². The van der Waals surface area contributed by atoms with Crippen molar-refractivity contribution in [2.75, 3.05) is 0 Å². The SMILES string of the molecule is O=[Si]([O-])[O-].[Na+].[Na+].[Na+].[Na+].[O]=[Mo](=[O])([O-])[O-]. The summed E-state index contributed by atoms with van der Waals surface area (Å²) >= 11 is -6.02. The fourth-order valence-electron chi connectivity index (χ4n) is 0. The van der Waals surface area contributed by atoms with E-state index in [0.29, 0.717) is 0 Å². The molecular weight excluding hydrogens is 328 g/mol. The van der Waals surface area contributed by atoms with Gasteiger partial charge >= 0.3 is 149 Å². The molecule has 0 aliphatic rings. The minimum absolute atomic E-state index is 0. The van der Waals surface area contributed by atoms with Gasteiger partial charge in [-0.25, -0.2) is 0 Å². The molecule has 0 aromatic carbocycles. The summed E-state index contributed by atoms with van der Waals surface area (Å²) in [5, 5.41) is 0. The Balaban J connectivity index is -0.0000000146. The second kappa shape index (κ2) is 21.1. The molecule has 0 heterocycles. The van der Waals surface area contributed by atoms with Crippen molar-refractivity contribution in [3.8, 4) is 0 Å². The molecule has 0 aromatic heterocycles. The maximum absolute atomic E-state index is 8.63. The van der Waals surface area contributed by atoms with E-state index in [1.807, 2.05) is 0 Å². The topological polar surface area (TPSA) is 143 Å². The molecule has 0 fully saturated rings. The van der Waals surface area contributed by atoms with Crippen LogP contribution in [-0.2, 0) is 28.0 Å². The first-order chi connectivity index (χ1) is 3.73. The van der Waals surface area contributed by atoms with Gasteiger partial charge in [-0.2, -0.15) is 0 Å². The zero-order valence-corrected chi connectivity index (χ0v) is 18.8. The molecular formula is MoNa4O7Si. The van der Waals surface area contributed by atoms with Crippen LogP contribution in [-0.4, -0.2) is 9.17 Å². The average Bonchev–Trinajstić information content (AvgIpc) is 1.19. The number of hydrogen-bond acceptors (Lipinski definition) is 7. The molecule has 0 bridgehead atoms. The second-order valence-electron chi connectivity index (χ2n) is 0.658. The zero-order chi connectivity index (χ0) is 8.08. The van der Waals surface area contributed by atoms with Crippen LogP contribution in [0, 0.1) is 0 Å². The van der Waals surface area contributed by atoms with Gasteiger partial charge in [-0.3, -0.25) is 0 Å². The van der Waals surface area contributed by atoms with E-state index in [9.17, 15) is 0 Å². The predicted octanol–water partition coefficient (Wildman–Crippen LogP) is -17.5. The molecule has 0 amide bonds. The van der Waals surface area contributed by atoms with Crippen LogP contribution >= 0.6 is 0 Å². The van der Waals surface area contributed by atoms with Crippen LogP contribution in [0.5, 0.6) is 0 Å². The summed E-state index contributed by atoms with van der Waals surface area (Å²) in [7, 11) is -3.63. The van der Waals surface area contributed by atoms with Crippen molar-refractivity contribution in [2.45, 2.75) is 0 Å². The van der Waals surface area contributed by atoms with E-state index < -0.39 is 25.9 Å². The van der Waals surface area contributed by atoms with E-state index >= 15 is 0 Å². The number of hydrogen-bond donors (Lipinski definition) is 0.